The van der Waals surface area contributed by atoms with Crippen LogP contribution in [0.1, 0.15) is 25.1 Å². The molecular weight excluding hydrogens is 564 g/mol. The van der Waals surface area contributed by atoms with Gasteiger partial charge in [0.25, 0.3) is 11.5 Å². The molecule has 37 heavy (non-hydrogen) atoms. The molecule has 1 aromatic heterocycles. The standard InChI is InChI=1S/C20H25ClF2N2O10P2/c1-2-20(21,37(31,32)33)36(30)34-10-13-15(27)16(28)17(35-13)24-9-8-14(26)25(18(24)29)11-19(22,23)12-6-4-3-5-7-12/h3-9,13,15-17,27-28,30H,2,10-11H2,1H3,(H2,31,32,33)/t13-,15?,16?,17-,20?,36?/m1/s1. The van der Waals surface area contributed by atoms with E-state index in [2.05, 4.69) is 0 Å². The number of aliphatic hydroxyl groups is 2. The molecule has 1 saturated heterocycles. The molecular formula is C20H25ClF2N2O10P2. The van der Waals surface area contributed by atoms with Gasteiger partial charge in [-0.2, -0.15) is 8.78 Å². The third kappa shape index (κ3) is 6.04. The monoisotopic (exact) mass is 588 g/mol. The Labute approximate surface area is 214 Å². The summed E-state index contributed by atoms with van der Waals surface area (Å²) in [5.74, 6) is -3.60. The Bertz CT molecular complexity index is 1260. The van der Waals surface area contributed by atoms with Crippen molar-refractivity contribution in [2.24, 2.45) is 0 Å². The zero-order valence-electron chi connectivity index (χ0n) is 19.2. The number of aliphatic hydroxyl groups excluding tert-OH is 2. The maximum Gasteiger partial charge on any atom is 0.355 e. The number of halogens is 3. The molecule has 1 aliphatic rings. The van der Waals surface area contributed by atoms with Gasteiger partial charge in [-0.3, -0.25) is 18.5 Å². The Morgan fingerprint density at radius 1 is 1.16 bits per heavy atom. The first-order valence-corrected chi connectivity index (χ1v) is 14.0. The second-order valence-corrected chi connectivity index (χ2v) is 13.2. The fourth-order valence-corrected chi connectivity index (χ4v) is 6.01. The van der Waals surface area contributed by atoms with Crippen LogP contribution in [0.15, 0.2) is 52.2 Å². The highest BCUT2D eigenvalue weighted by Gasteiger charge is 2.53. The lowest BCUT2D eigenvalue weighted by Crippen LogP contribution is -2.45. The Kier molecular flexibility index (Phi) is 9.13. The van der Waals surface area contributed by atoms with Crippen molar-refractivity contribution in [3.05, 3.63) is 69.0 Å². The first-order valence-electron chi connectivity index (χ1n) is 10.8. The molecule has 5 N–H and O–H groups in total. The average Bonchev–Trinajstić information content (AvgIpc) is 3.12. The molecule has 0 amide bonds. The van der Waals surface area contributed by atoms with Gasteiger partial charge in [-0.1, -0.05) is 48.9 Å². The highest BCUT2D eigenvalue weighted by atomic mass is 35.5. The molecule has 0 aliphatic carbocycles. The van der Waals surface area contributed by atoms with Crippen LogP contribution < -0.4 is 11.2 Å². The first kappa shape index (κ1) is 30.0. The van der Waals surface area contributed by atoms with Crippen molar-refractivity contribution in [1.82, 2.24) is 9.13 Å². The Morgan fingerprint density at radius 3 is 2.35 bits per heavy atom. The Morgan fingerprint density at radius 2 is 1.78 bits per heavy atom. The van der Waals surface area contributed by atoms with Crippen LogP contribution >= 0.6 is 27.6 Å². The molecule has 206 valence electrons. The summed E-state index contributed by atoms with van der Waals surface area (Å²) in [4.78, 5) is 54.2. The molecule has 0 saturated carbocycles. The van der Waals surface area contributed by atoms with Gasteiger partial charge in [0.2, 0.25) is 12.7 Å². The quantitative estimate of drug-likeness (QED) is 0.200. The van der Waals surface area contributed by atoms with Crippen LogP contribution in [0.4, 0.5) is 8.78 Å². The number of aromatic nitrogens is 2. The molecule has 4 unspecified atom stereocenters. The summed E-state index contributed by atoms with van der Waals surface area (Å²) in [6.45, 7) is -0.699. The van der Waals surface area contributed by atoms with Crippen molar-refractivity contribution in [1.29, 1.82) is 0 Å². The van der Waals surface area contributed by atoms with E-state index in [1.165, 1.54) is 25.1 Å². The van der Waals surface area contributed by atoms with Crippen molar-refractivity contribution in [2.75, 3.05) is 6.61 Å². The highest BCUT2D eigenvalue weighted by Crippen LogP contribution is 2.70. The number of ether oxygens (including phenoxy) is 1. The van der Waals surface area contributed by atoms with E-state index in [4.69, 9.17) is 20.9 Å². The maximum atomic E-state index is 14.8. The molecule has 1 fully saturated rings. The summed E-state index contributed by atoms with van der Waals surface area (Å²) in [5, 5.41) is 20.8. The Hall–Kier alpha value is -1.57. The minimum Gasteiger partial charge on any atom is -0.387 e. The van der Waals surface area contributed by atoms with E-state index < -0.39 is 80.8 Å². The van der Waals surface area contributed by atoms with Crippen LogP contribution in [-0.4, -0.2) is 63.3 Å². The van der Waals surface area contributed by atoms with Crippen LogP contribution in [0.5, 0.6) is 0 Å². The third-order valence-electron chi connectivity index (χ3n) is 5.81. The maximum absolute atomic E-state index is 14.8. The zero-order chi connectivity index (χ0) is 27.8. The molecule has 1 aromatic carbocycles. The summed E-state index contributed by atoms with van der Waals surface area (Å²) >= 11 is 5.87. The lowest BCUT2D eigenvalue weighted by atomic mass is 10.1. The van der Waals surface area contributed by atoms with Gasteiger partial charge in [-0.05, 0) is 6.42 Å². The third-order valence-corrected chi connectivity index (χ3v) is 11.0. The number of hydrogen-bond donors (Lipinski definition) is 5. The van der Waals surface area contributed by atoms with Crippen LogP contribution in [0.2, 0.25) is 0 Å². The lowest BCUT2D eigenvalue weighted by Gasteiger charge is -2.30. The minimum absolute atomic E-state index is 0.259. The van der Waals surface area contributed by atoms with Crippen molar-refractivity contribution in [3.8, 4) is 0 Å². The summed E-state index contributed by atoms with van der Waals surface area (Å²) in [6, 6.07) is 7.34. The van der Waals surface area contributed by atoms with Crippen LogP contribution in [-0.2, 0) is 26.3 Å². The first-order chi connectivity index (χ1) is 17.1. The molecule has 0 spiro atoms. The summed E-state index contributed by atoms with van der Waals surface area (Å²) in [7, 11) is -7.98. The number of benzene rings is 1. The molecule has 0 radical (unpaired) electrons. The predicted octanol–water partition coefficient (Wildman–Crippen LogP) is 1.22. The fraction of sp³-hybridized carbons (Fsp3) is 0.500. The summed E-state index contributed by atoms with van der Waals surface area (Å²) in [5.41, 5.74) is -2.72. The van der Waals surface area contributed by atoms with E-state index >= 15 is 0 Å². The fourth-order valence-electron chi connectivity index (χ4n) is 3.63. The van der Waals surface area contributed by atoms with E-state index in [0.29, 0.717) is 4.57 Å². The van der Waals surface area contributed by atoms with Gasteiger partial charge < -0.3 is 34.2 Å². The number of nitrogens with zero attached hydrogens (tertiary/aromatic N) is 2. The zero-order valence-corrected chi connectivity index (χ0v) is 21.7. The molecule has 6 atom stereocenters. The van der Waals surface area contributed by atoms with E-state index in [1.54, 1.807) is 0 Å². The van der Waals surface area contributed by atoms with E-state index in [9.17, 15) is 47.8 Å². The van der Waals surface area contributed by atoms with Gasteiger partial charge in [-0.25, -0.2) is 4.79 Å². The van der Waals surface area contributed by atoms with Gasteiger partial charge >= 0.3 is 13.3 Å². The van der Waals surface area contributed by atoms with Gasteiger partial charge in [-0.15, -0.1) is 0 Å². The van der Waals surface area contributed by atoms with Crippen LogP contribution in [0, 0.1) is 0 Å². The molecule has 0 bridgehead atoms. The number of hydrogen-bond acceptors (Lipinski definition) is 8. The van der Waals surface area contributed by atoms with Crippen LogP contribution in [0.25, 0.3) is 0 Å². The molecule has 17 heteroatoms. The molecule has 2 aromatic rings. The van der Waals surface area contributed by atoms with Crippen molar-refractivity contribution in [2.45, 2.75) is 54.7 Å². The van der Waals surface area contributed by atoms with Gasteiger partial charge in [0, 0.05) is 17.8 Å². The van der Waals surface area contributed by atoms with E-state index in [-0.39, 0.29) is 11.0 Å². The van der Waals surface area contributed by atoms with Gasteiger partial charge in [0.05, 0.1) is 13.2 Å². The summed E-state index contributed by atoms with van der Waals surface area (Å²) < 4.78 is 50.2. The van der Waals surface area contributed by atoms with Crippen molar-refractivity contribution in [3.63, 3.8) is 0 Å². The highest BCUT2D eigenvalue weighted by molar-refractivity contribution is 7.73. The topological polar surface area (TPSA) is 181 Å². The largest absolute Gasteiger partial charge is 0.387 e. The van der Waals surface area contributed by atoms with E-state index in [0.717, 1.165) is 24.4 Å². The molecule has 2 heterocycles. The molecule has 3 rings (SSSR count). The number of alkyl halides is 3. The lowest BCUT2D eigenvalue weighted by molar-refractivity contribution is -0.0546. The van der Waals surface area contributed by atoms with Gasteiger partial charge in [0.15, 0.2) is 6.23 Å². The van der Waals surface area contributed by atoms with E-state index in [1.807, 2.05) is 0 Å². The smallest absolute Gasteiger partial charge is 0.355 e. The minimum atomic E-state index is -5.02. The SMILES string of the molecule is CCC(Cl)(P(O)OC[C@H]1O[C@@H](n2ccc(=O)n(CC(F)(F)c3ccccc3)c2=O)C(O)C1O)P(=O)(O)O. The number of rotatable bonds is 10. The average molecular weight is 589 g/mol. The Balaban J connectivity index is 1.82. The van der Waals surface area contributed by atoms with Gasteiger partial charge in [0.1, 0.15) is 18.3 Å². The summed E-state index contributed by atoms with van der Waals surface area (Å²) in [6.07, 6.45) is -6.07. The predicted molar refractivity (Wildman–Crippen MR) is 127 cm³/mol. The normalized spacial score (nSPS) is 25.1. The second kappa shape index (κ2) is 11.3. The van der Waals surface area contributed by atoms with Crippen molar-refractivity contribution < 1.29 is 47.5 Å². The van der Waals surface area contributed by atoms with Crippen LogP contribution in [0.3, 0.4) is 0 Å². The van der Waals surface area contributed by atoms with Crippen molar-refractivity contribution >= 4 is 27.6 Å². The molecule has 12 nitrogen and oxygen atoms in total. The second-order valence-electron chi connectivity index (χ2n) is 8.23. The molecule has 1 aliphatic heterocycles.